The Morgan fingerprint density at radius 3 is 2.28 bits per heavy atom. The van der Waals surface area contributed by atoms with E-state index in [-0.39, 0.29) is 23.3 Å². The summed E-state index contributed by atoms with van der Waals surface area (Å²) in [6.45, 7) is 2.59. The Morgan fingerprint density at radius 1 is 0.938 bits per heavy atom. The number of hydrogen-bond acceptors (Lipinski definition) is 2. The molecule has 0 N–H and O–H groups in total. The van der Waals surface area contributed by atoms with Crippen molar-refractivity contribution < 1.29 is 22.6 Å². The Morgan fingerprint density at radius 2 is 1.66 bits per heavy atom. The zero-order valence-corrected chi connectivity index (χ0v) is 18.2. The highest BCUT2D eigenvalue weighted by atomic mass is 19.2. The molecule has 168 valence electrons. The van der Waals surface area contributed by atoms with Crippen molar-refractivity contribution in [3.05, 3.63) is 89.5 Å². The molecule has 32 heavy (non-hydrogen) atoms. The van der Waals surface area contributed by atoms with Gasteiger partial charge in [-0.15, -0.1) is 0 Å². The monoisotopic (exact) mass is 440 g/mol. The SMILES string of the molecule is C/C=C/C1CCC(c2ccc(-c3ccc(C4=CC=C(OC)C(F)C4F)cc3)cc2F)OC1. The largest absolute Gasteiger partial charge is 0.498 e. The molecule has 2 aromatic carbocycles. The molecule has 1 aliphatic heterocycles. The fraction of sp³-hybridized carbons (Fsp3) is 0.333. The molecule has 1 saturated heterocycles. The summed E-state index contributed by atoms with van der Waals surface area (Å²) < 4.78 is 54.3. The second-order valence-electron chi connectivity index (χ2n) is 8.20. The molecule has 4 atom stereocenters. The van der Waals surface area contributed by atoms with E-state index in [1.165, 1.54) is 25.3 Å². The van der Waals surface area contributed by atoms with Gasteiger partial charge in [-0.25, -0.2) is 13.2 Å². The van der Waals surface area contributed by atoms with E-state index in [9.17, 15) is 13.2 Å². The fourth-order valence-corrected chi connectivity index (χ4v) is 4.36. The standard InChI is InChI=1S/C27H27F3O2/c1-3-4-17-5-13-24(32-16-17)22-11-10-20(15-23(22)28)18-6-8-19(9-7-18)21-12-14-25(31-2)27(30)26(21)29/h3-4,6-12,14-15,17,24,26-27H,5,13,16H2,1-2H3/b4-3+. The summed E-state index contributed by atoms with van der Waals surface area (Å²) in [4.78, 5) is 0. The average molecular weight is 441 g/mol. The van der Waals surface area contributed by atoms with Crippen molar-refractivity contribution in [1.82, 2.24) is 0 Å². The predicted octanol–water partition coefficient (Wildman–Crippen LogP) is 7.14. The van der Waals surface area contributed by atoms with Crippen LogP contribution in [0.15, 0.2) is 72.5 Å². The van der Waals surface area contributed by atoms with E-state index in [0.29, 0.717) is 23.7 Å². The van der Waals surface area contributed by atoms with Crippen LogP contribution in [-0.4, -0.2) is 26.1 Å². The van der Waals surface area contributed by atoms with Gasteiger partial charge in [-0.05, 0) is 54.2 Å². The van der Waals surface area contributed by atoms with E-state index in [1.54, 1.807) is 30.3 Å². The molecular formula is C27H27F3O2. The van der Waals surface area contributed by atoms with Crippen LogP contribution in [0.1, 0.15) is 37.0 Å². The summed E-state index contributed by atoms with van der Waals surface area (Å²) in [5.74, 6) is 0.0784. The Bertz CT molecular complexity index is 1030. The van der Waals surface area contributed by atoms with Gasteiger partial charge in [-0.3, -0.25) is 0 Å². The Labute approximate surface area is 187 Å². The first-order valence-electron chi connectivity index (χ1n) is 10.9. The minimum absolute atomic E-state index is 0.0206. The van der Waals surface area contributed by atoms with E-state index in [1.807, 2.05) is 19.1 Å². The summed E-state index contributed by atoms with van der Waals surface area (Å²) >= 11 is 0. The zero-order valence-electron chi connectivity index (χ0n) is 18.2. The first kappa shape index (κ1) is 22.4. The third kappa shape index (κ3) is 4.53. The molecule has 2 aliphatic rings. The van der Waals surface area contributed by atoms with E-state index in [0.717, 1.165) is 24.0 Å². The van der Waals surface area contributed by atoms with Gasteiger partial charge in [0.15, 0.2) is 12.3 Å². The minimum Gasteiger partial charge on any atom is -0.498 e. The first-order valence-corrected chi connectivity index (χ1v) is 10.9. The quantitative estimate of drug-likeness (QED) is 0.460. The molecule has 0 saturated carbocycles. The van der Waals surface area contributed by atoms with Gasteiger partial charge in [0, 0.05) is 11.5 Å². The smallest absolute Gasteiger partial charge is 0.192 e. The molecule has 0 bridgehead atoms. The molecular weight excluding hydrogens is 413 g/mol. The van der Waals surface area contributed by atoms with Crippen molar-refractivity contribution >= 4 is 5.57 Å². The molecule has 1 aliphatic carbocycles. The van der Waals surface area contributed by atoms with E-state index in [2.05, 4.69) is 6.08 Å². The molecule has 0 radical (unpaired) electrons. The molecule has 4 rings (SSSR count). The van der Waals surface area contributed by atoms with Gasteiger partial charge in [0.25, 0.3) is 0 Å². The third-order valence-electron chi connectivity index (χ3n) is 6.16. The molecule has 2 aromatic rings. The number of methoxy groups -OCH3 is 1. The maximum atomic E-state index is 14.9. The van der Waals surface area contributed by atoms with Gasteiger partial charge in [0.05, 0.1) is 19.8 Å². The average Bonchev–Trinajstić information content (AvgIpc) is 2.82. The van der Waals surface area contributed by atoms with Crippen LogP contribution in [0, 0.1) is 11.7 Å². The topological polar surface area (TPSA) is 18.5 Å². The van der Waals surface area contributed by atoms with Crippen LogP contribution in [0.25, 0.3) is 16.7 Å². The van der Waals surface area contributed by atoms with Crippen molar-refractivity contribution in [1.29, 1.82) is 0 Å². The maximum Gasteiger partial charge on any atom is 0.192 e. The molecule has 4 unspecified atom stereocenters. The van der Waals surface area contributed by atoms with Crippen molar-refractivity contribution in [2.24, 2.45) is 5.92 Å². The van der Waals surface area contributed by atoms with Gasteiger partial charge in [-0.2, -0.15) is 0 Å². The maximum absolute atomic E-state index is 14.9. The number of hydrogen-bond donors (Lipinski definition) is 0. The second-order valence-corrected chi connectivity index (χ2v) is 8.20. The van der Waals surface area contributed by atoms with Crippen molar-refractivity contribution in [2.75, 3.05) is 13.7 Å². The lowest BCUT2D eigenvalue weighted by atomic mass is 9.91. The number of ether oxygens (including phenoxy) is 2. The summed E-state index contributed by atoms with van der Waals surface area (Å²) in [7, 11) is 1.32. The molecule has 5 heteroatoms. The lowest BCUT2D eigenvalue weighted by Crippen LogP contribution is -2.24. The second kappa shape index (κ2) is 9.78. The minimum atomic E-state index is -1.82. The molecule has 1 fully saturated rings. The fourth-order valence-electron chi connectivity index (χ4n) is 4.36. The van der Waals surface area contributed by atoms with Gasteiger partial charge < -0.3 is 9.47 Å². The predicted molar refractivity (Wildman–Crippen MR) is 121 cm³/mol. The van der Waals surface area contributed by atoms with Crippen LogP contribution in [0.5, 0.6) is 0 Å². The number of benzene rings is 2. The first-order chi connectivity index (χ1) is 15.5. The van der Waals surface area contributed by atoms with Crippen LogP contribution >= 0.6 is 0 Å². The normalized spacial score (nSPS) is 26.0. The number of halogens is 3. The van der Waals surface area contributed by atoms with Gasteiger partial charge in [0.1, 0.15) is 11.6 Å². The number of rotatable bonds is 5. The number of allylic oxidation sites excluding steroid dienone is 5. The molecule has 0 amide bonds. The van der Waals surface area contributed by atoms with Crippen molar-refractivity contribution in [3.63, 3.8) is 0 Å². The van der Waals surface area contributed by atoms with Crippen LogP contribution < -0.4 is 0 Å². The van der Waals surface area contributed by atoms with Crippen LogP contribution in [0.3, 0.4) is 0 Å². The Balaban J connectivity index is 1.50. The molecule has 0 spiro atoms. The summed E-state index contributed by atoms with van der Waals surface area (Å²) in [6.07, 6.45) is 5.06. The van der Waals surface area contributed by atoms with E-state index >= 15 is 0 Å². The van der Waals surface area contributed by atoms with Gasteiger partial charge in [-0.1, -0.05) is 54.6 Å². The molecule has 2 nitrogen and oxygen atoms in total. The third-order valence-corrected chi connectivity index (χ3v) is 6.16. The van der Waals surface area contributed by atoms with Crippen LogP contribution in [0.2, 0.25) is 0 Å². The van der Waals surface area contributed by atoms with Crippen molar-refractivity contribution in [2.45, 2.75) is 38.2 Å². The van der Waals surface area contributed by atoms with Crippen LogP contribution in [0.4, 0.5) is 13.2 Å². The summed E-state index contributed by atoms with van der Waals surface area (Å²) in [5.41, 5.74) is 2.94. The highest BCUT2D eigenvalue weighted by Crippen LogP contribution is 2.36. The van der Waals surface area contributed by atoms with Gasteiger partial charge >= 0.3 is 0 Å². The Kier molecular flexibility index (Phi) is 6.85. The van der Waals surface area contributed by atoms with E-state index < -0.39 is 12.3 Å². The van der Waals surface area contributed by atoms with Crippen LogP contribution in [-0.2, 0) is 9.47 Å². The summed E-state index contributed by atoms with van der Waals surface area (Å²) in [6, 6.07) is 12.2. The lowest BCUT2D eigenvalue weighted by molar-refractivity contribution is -0.00711. The summed E-state index contributed by atoms with van der Waals surface area (Å²) in [5, 5.41) is 0. The Hall–Kier alpha value is -2.79. The van der Waals surface area contributed by atoms with Gasteiger partial charge in [0.2, 0.25) is 0 Å². The zero-order chi connectivity index (χ0) is 22.7. The van der Waals surface area contributed by atoms with E-state index in [4.69, 9.17) is 9.47 Å². The molecule has 0 aromatic heterocycles. The molecule has 1 heterocycles. The highest BCUT2D eigenvalue weighted by Gasteiger charge is 2.32. The highest BCUT2D eigenvalue weighted by molar-refractivity contribution is 5.75. The van der Waals surface area contributed by atoms with Crippen molar-refractivity contribution in [3.8, 4) is 11.1 Å². The lowest BCUT2D eigenvalue weighted by Gasteiger charge is -2.28. The number of alkyl halides is 2.